The van der Waals surface area contributed by atoms with Crippen molar-refractivity contribution in [3.63, 3.8) is 0 Å². The average molecular weight is 259 g/mol. The summed E-state index contributed by atoms with van der Waals surface area (Å²) >= 11 is 7.59. The second-order valence-electron chi connectivity index (χ2n) is 3.50. The Balaban J connectivity index is 2.56. The molecule has 16 heavy (non-hydrogen) atoms. The molecule has 1 rings (SSSR count). The number of carboxylic acid groups (broad SMARTS) is 1. The van der Waals surface area contributed by atoms with E-state index in [1.54, 1.807) is 23.9 Å². The molecule has 1 N–H and O–H groups in total. The summed E-state index contributed by atoms with van der Waals surface area (Å²) in [5.41, 5.74) is 0.166. The van der Waals surface area contributed by atoms with E-state index in [4.69, 9.17) is 16.7 Å². The van der Waals surface area contributed by atoms with Gasteiger partial charge >= 0.3 is 5.97 Å². The Kier molecular flexibility index (Phi) is 5.71. The summed E-state index contributed by atoms with van der Waals surface area (Å²) in [5.74, 6) is 0.0730. The molecule has 0 saturated heterocycles. The minimum atomic E-state index is -0.979. The normalized spacial score (nSPS) is 10.4. The van der Waals surface area contributed by atoms with Crippen LogP contribution in [0.5, 0.6) is 0 Å². The zero-order valence-corrected chi connectivity index (χ0v) is 10.8. The average Bonchev–Trinajstić information content (AvgIpc) is 2.24. The summed E-state index contributed by atoms with van der Waals surface area (Å²) in [7, 11) is 0. The SMILES string of the molecule is CCCCCSc1ccc(C(=O)O)c(Cl)c1. The third-order valence-electron chi connectivity index (χ3n) is 2.19. The molecule has 0 heterocycles. The number of halogens is 1. The van der Waals surface area contributed by atoms with Gasteiger partial charge in [0.2, 0.25) is 0 Å². The molecule has 0 radical (unpaired) electrons. The summed E-state index contributed by atoms with van der Waals surface area (Å²) in [6.45, 7) is 2.17. The molecule has 0 spiro atoms. The Hall–Kier alpha value is -0.670. The minimum absolute atomic E-state index is 0.166. The van der Waals surface area contributed by atoms with Gasteiger partial charge in [-0.1, -0.05) is 31.4 Å². The fourth-order valence-corrected chi connectivity index (χ4v) is 2.58. The lowest BCUT2D eigenvalue weighted by Gasteiger charge is -2.03. The second kappa shape index (κ2) is 6.81. The highest BCUT2D eigenvalue weighted by molar-refractivity contribution is 7.99. The van der Waals surface area contributed by atoms with Crippen molar-refractivity contribution in [3.05, 3.63) is 28.8 Å². The molecule has 0 unspecified atom stereocenters. The maximum atomic E-state index is 10.7. The highest BCUT2D eigenvalue weighted by atomic mass is 35.5. The van der Waals surface area contributed by atoms with Crippen molar-refractivity contribution in [1.29, 1.82) is 0 Å². The number of hydrogen-bond acceptors (Lipinski definition) is 2. The lowest BCUT2D eigenvalue weighted by molar-refractivity contribution is 0.0697. The summed E-state index contributed by atoms with van der Waals surface area (Å²) in [5, 5.41) is 9.12. The summed E-state index contributed by atoms with van der Waals surface area (Å²) in [6.07, 6.45) is 3.62. The molecule has 0 aliphatic rings. The zero-order valence-electron chi connectivity index (χ0n) is 9.20. The van der Waals surface area contributed by atoms with Crippen molar-refractivity contribution >= 4 is 29.3 Å². The number of thioether (sulfide) groups is 1. The van der Waals surface area contributed by atoms with E-state index in [2.05, 4.69) is 6.92 Å². The van der Waals surface area contributed by atoms with Gasteiger partial charge in [-0.3, -0.25) is 0 Å². The van der Waals surface area contributed by atoms with Crippen LogP contribution in [0.15, 0.2) is 23.1 Å². The van der Waals surface area contributed by atoms with Crippen molar-refractivity contribution in [2.24, 2.45) is 0 Å². The maximum Gasteiger partial charge on any atom is 0.337 e. The van der Waals surface area contributed by atoms with E-state index in [1.165, 1.54) is 19.3 Å². The van der Waals surface area contributed by atoms with Crippen molar-refractivity contribution in [2.45, 2.75) is 31.1 Å². The Labute approximate surface area is 105 Å². The van der Waals surface area contributed by atoms with Gasteiger partial charge in [-0.2, -0.15) is 0 Å². The van der Waals surface area contributed by atoms with Crippen LogP contribution in [0, 0.1) is 0 Å². The molecule has 0 bridgehead atoms. The van der Waals surface area contributed by atoms with Gasteiger partial charge in [0.25, 0.3) is 0 Å². The van der Waals surface area contributed by atoms with E-state index in [-0.39, 0.29) is 5.56 Å². The molecule has 0 aromatic heterocycles. The topological polar surface area (TPSA) is 37.3 Å². The standard InChI is InChI=1S/C12H15ClO2S/c1-2-3-4-7-16-9-5-6-10(12(14)15)11(13)8-9/h5-6,8H,2-4,7H2,1H3,(H,14,15). The largest absolute Gasteiger partial charge is 0.478 e. The third-order valence-corrected chi connectivity index (χ3v) is 3.58. The van der Waals surface area contributed by atoms with Crippen LogP contribution in [-0.2, 0) is 0 Å². The van der Waals surface area contributed by atoms with Gasteiger partial charge < -0.3 is 5.11 Å². The summed E-state index contributed by atoms with van der Waals surface area (Å²) in [4.78, 5) is 11.8. The number of benzene rings is 1. The van der Waals surface area contributed by atoms with Crippen LogP contribution in [0.3, 0.4) is 0 Å². The minimum Gasteiger partial charge on any atom is -0.478 e. The predicted molar refractivity (Wildman–Crippen MR) is 68.7 cm³/mol. The van der Waals surface area contributed by atoms with E-state index < -0.39 is 5.97 Å². The van der Waals surface area contributed by atoms with Gasteiger partial charge in [-0.25, -0.2) is 4.79 Å². The molecule has 0 saturated carbocycles. The monoisotopic (exact) mass is 258 g/mol. The number of unbranched alkanes of at least 4 members (excludes halogenated alkanes) is 2. The molecule has 0 amide bonds. The molecule has 88 valence electrons. The molecule has 0 fully saturated rings. The lowest BCUT2D eigenvalue weighted by atomic mass is 10.2. The zero-order chi connectivity index (χ0) is 12.0. The van der Waals surface area contributed by atoms with E-state index in [0.29, 0.717) is 5.02 Å². The number of hydrogen-bond donors (Lipinski definition) is 1. The van der Waals surface area contributed by atoms with Crippen molar-refractivity contribution in [3.8, 4) is 0 Å². The van der Waals surface area contributed by atoms with Crippen LogP contribution in [0.25, 0.3) is 0 Å². The van der Waals surface area contributed by atoms with Crippen molar-refractivity contribution in [1.82, 2.24) is 0 Å². The van der Waals surface area contributed by atoms with Gasteiger partial charge in [-0.05, 0) is 30.4 Å². The van der Waals surface area contributed by atoms with E-state index in [0.717, 1.165) is 10.6 Å². The fraction of sp³-hybridized carbons (Fsp3) is 0.417. The predicted octanol–water partition coefficient (Wildman–Crippen LogP) is 4.32. The van der Waals surface area contributed by atoms with Gasteiger partial charge in [0.15, 0.2) is 0 Å². The Morgan fingerprint density at radius 3 is 2.75 bits per heavy atom. The first-order valence-electron chi connectivity index (χ1n) is 5.30. The Morgan fingerprint density at radius 1 is 1.44 bits per heavy atom. The van der Waals surface area contributed by atoms with Gasteiger partial charge in [0, 0.05) is 4.90 Å². The second-order valence-corrected chi connectivity index (χ2v) is 5.08. The first kappa shape index (κ1) is 13.4. The van der Waals surface area contributed by atoms with E-state index >= 15 is 0 Å². The van der Waals surface area contributed by atoms with E-state index in [1.807, 2.05) is 6.07 Å². The third kappa shape index (κ3) is 4.06. The maximum absolute atomic E-state index is 10.7. The number of carboxylic acids is 1. The molecule has 1 aromatic rings. The van der Waals surface area contributed by atoms with Gasteiger partial charge in [0.1, 0.15) is 0 Å². The molecule has 0 aliphatic heterocycles. The van der Waals surface area contributed by atoms with Crippen LogP contribution in [-0.4, -0.2) is 16.8 Å². The summed E-state index contributed by atoms with van der Waals surface area (Å²) in [6, 6.07) is 5.10. The van der Waals surface area contributed by atoms with Crippen molar-refractivity contribution < 1.29 is 9.90 Å². The highest BCUT2D eigenvalue weighted by Crippen LogP contribution is 2.25. The first-order chi connectivity index (χ1) is 7.65. The Bertz CT molecular complexity index is 366. The van der Waals surface area contributed by atoms with Crippen LogP contribution in [0.1, 0.15) is 36.5 Å². The lowest BCUT2D eigenvalue weighted by Crippen LogP contribution is -1.96. The summed E-state index contributed by atoms with van der Waals surface area (Å²) < 4.78 is 0. The van der Waals surface area contributed by atoms with Crippen LogP contribution < -0.4 is 0 Å². The van der Waals surface area contributed by atoms with Gasteiger partial charge in [0.05, 0.1) is 10.6 Å². The highest BCUT2D eigenvalue weighted by Gasteiger charge is 2.08. The van der Waals surface area contributed by atoms with Crippen LogP contribution >= 0.6 is 23.4 Å². The number of aromatic carboxylic acids is 1. The smallest absolute Gasteiger partial charge is 0.337 e. The number of rotatable bonds is 6. The molecule has 2 nitrogen and oxygen atoms in total. The molecule has 4 heteroatoms. The van der Waals surface area contributed by atoms with Crippen molar-refractivity contribution in [2.75, 3.05) is 5.75 Å². The molecular weight excluding hydrogens is 244 g/mol. The van der Waals surface area contributed by atoms with Gasteiger partial charge in [-0.15, -0.1) is 11.8 Å². The van der Waals surface area contributed by atoms with Crippen LogP contribution in [0.4, 0.5) is 0 Å². The molecule has 0 atom stereocenters. The molecular formula is C12H15ClO2S. The quantitative estimate of drug-likeness (QED) is 0.610. The van der Waals surface area contributed by atoms with E-state index in [9.17, 15) is 4.79 Å². The van der Waals surface area contributed by atoms with Crippen LogP contribution in [0.2, 0.25) is 5.02 Å². The number of carbonyl (C=O) groups is 1. The molecule has 0 aliphatic carbocycles. The first-order valence-corrected chi connectivity index (χ1v) is 6.67. The Morgan fingerprint density at radius 2 is 2.19 bits per heavy atom. The molecule has 1 aromatic carbocycles. The fourth-order valence-electron chi connectivity index (χ4n) is 1.30.